The average molecular weight is 1280 g/mol. The highest BCUT2D eigenvalue weighted by Crippen LogP contribution is 2.26. The van der Waals surface area contributed by atoms with E-state index in [4.69, 9.17) is 29.6 Å². The van der Waals surface area contributed by atoms with E-state index in [-0.39, 0.29) is 0 Å². The molecular weight excluding hydrogens is 1150 g/mol. The van der Waals surface area contributed by atoms with E-state index >= 15 is 0 Å². The second-order valence-electron chi connectivity index (χ2n) is 26.5. The molecule has 89 heavy (non-hydrogen) atoms. The first kappa shape index (κ1) is 72.8. The minimum atomic E-state index is 0.557. The van der Waals surface area contributed by atoms with Crippen LogP contribution in [0, 0.1) is 0 Å². The summed E-state index contributed by atoms with van der Waals surface area (Å²) in [7, 11) is 0. The number of thiazole rings is 1. The van der Waals surface area contributed by atoms with E-state index in [1.54, 1.807) is 11.3 Å². The van der Waals surface area contributed by atoms with Gasteiger partial charge in [-0.1, -0.05) is 175 Å². The van der Waals surface area contributed by atoms with E-state index in [2.05, 4.69) is 111 Å². The number of likely N-dealkylation sites (tertiary alicyclic amines) is 4. The number of pyridine rings is 1. The lowest BCUT2D eigenvalue weighted by atomic mass is 9.96. The van der Waals surface area contributed by atoms with Crippen molar-refractivity contribution >= 4 is 72.3 Å². The van der Waals surface area contributed by atoms with Crippen molar-refractivity contribution in [2.24, 2.45) is 5.73 Å². The van der Waals surface area contributed by atoms with Gasteiger partial charge in [0.2, 0.25) is 0 Å². The number of anilines is 2. The minimum Gasteiger partial charge on any atom is -0.370 e. The zero-order chi connectivity index (χ0) is 61.9. The third-order valence-electron chi connectivity index (χ3n) is 18.9. The zero-order valence-electron chi connectivity index (χ0n) is 55.6. The van der Waals surface area contributed by atoms with Gasteiger partial charge in [0.25, 0.3) is 0 Å². The summed E-state index contributed by atoms with van der Waals surface area (Å²) >= 11 is 13.6. The SMILES string of the molecule is NCCCCCCCCCCN1CCCCC1.S=C(NC1CCCCC1)N(CCCN1CCCCC1)Cc1ccc(Cl)cc1.c1ccc2nc(NCCCCCCN3CCCCC3)ccc2c1.c1ccc2sc(NCCCCCCN3CCCCC3)nc2c1. The summed E-state index contributed by atoms with van der Waals surface area (Å²) in [6.45, 7) is 20.5. The summed E-state index contributed by atoms with van der Waals surface area (Å²) in [5.74, 6) is 0.997. The quantitative estimate of drug-likeness (QED) is 0.0238. The van der Waals surface area contributed by atoms with Crippen LogP contribution in [-0.2, 0) is 6.54 Å². The van der Waals surface area contributed by atoms with Gasteiger partial charge in [0, 0.05) is 42.6 Å². The van der Waals surface area contributed by atoms with Gasteiger partial charge in [0.05, 0.1) is 15.7 Å². The number of nitrogens with zero attached hydrogens (tertiary/aromatic N) is 7. The maximum absolute atomic E-state index is 6.05. The number of hydrogen-bond donors (Lipinski definition) is 4. The van der Waals surface area contributed by atoms with Gasteiger partial charge in [0.15, 0.2) is 10.2 Å². The summed E-state index contributed by atoms with van der Waals surface area (Å²) in [6, 6.07) is 29.6. The van der Waals surface area contributed by atoms with Crippen LogP contribution in [0.1, 0.15) is 224 Å². The number of para-hydroxylation sites is 2. The average Bonchev–Trinajstić information content (AvgIpc) is 4.22. The Hall–Kier alpha value is -3.66. The molecule has 1 aliphatic carbocycles. The molecule has 3 aromatic carbocycles. The molecule has 14 heteroatoms. The van der Waals surface area contributed by atoms with E-state index < -0.39 is 0 Å². The molecule has 0 atom stereocenters. The summed E-state index contributed by atoms with van der Waals surface area (Å²) in [5.41, 5.74) is 8.92. The number of benzene rings is 3. The Morgan fingerprint density at radius 3 is 1.48 bits per heavy atom. The molecular formula is C75H122ClN11S2. The molecule has 4 saturated heterocycles. The first-order valence-corrected chi connectivity index (χ1v) is 38.2. The largest absolute Gasteiger partial charge is 0.370 e. The lowest BCUT2D eigenvalue weighted by Crippen LogP contribution is -2.45. The van der Waals surface area contributed by atoms with Gasteiger partial charge in [-0.15, -0.1) is 0 Å². The van der Waals surface area contributed by atoms with Crippen LogP contribution in [0.2, 0.25) is 5.02 Å². The summed E-state index contributed by atoms with van der Waals surface area (Å²) < 4.78 is 1.27. The van der Waals surface area contributed by atoms with Gasteiger partial charge in [0.1, 0.15) is 5.82 Å². The van der Waals surface area contributed by atoms with Crippen LogP contribution < -0.4 is 21.7 Å². The van der Waals surface area contributed by atoms with Crippen molar-refractivity contribution in [3.63, 3.8) is 0 Å². The fourth-order valence-corrected chi connectivity index (χ4v) is 14.8. The molecule has 0 unspecified atom stereocenters. The molecule has 0 bridgehead atoms. The molecule has 0 spiro atoms. The molecule has 5 fully saturated rings. The maximum Gasteiger partial charge on any atom is 0.183 e. The summed E-state index contributed by atoms with van der Waals surface area (Å²) in [6.07, 6.45) is 46.3. The predicted octanol–water partition coefficient (Wildman–Crippen LogP) is 18.2. The molecule has 496 valence electrons. The number of aromatic nitrogens is 2. The van der Waals surface area contributed by atoms with Crippen molar-refractivity contribution in [3.8, 4) is 0 Å². The molecule has 6 heterocycles. The van der Waals surface area contributed by atoms with Crippen molar-refractivity contribution < 1.29 is 0 Å². The van der Waals surface area contributed by atoms with E-state index in [0.717, 1.165) is 64.8 Å². The molecule has 2 aromatic heterocycles. The van der Waals surface area contributed by atoms with Crippen LogP contribution in [0.5, 0.6) is 0 Å². The number of nitrogens with one attached hydrogen (secondary N) is 3. The number of hydrogen-bond acceptors (Lipinski definition) is 11. The van der Waals surface area contributed by atoms with Crippen molar-refractivity contribution in [1.29, 1.82) is 0 Å². The number of halogens is 1. The normalized spacial score (nSPS) is 17.2. The summed E-state index contributed by atoms with van der Waals surface area (Å²) in [5, 5.41) is 14.6. The Morgan fingerprint density at radius 2 is 0.944 bits per heavy atom. The van der Waals surface area contributed by atoms with E-state index in [9.17, 15) is 0 Å². The van der Waals surface area contributed by atoms with Crippen LogP contribution in [0.25, 0.3) is 21.1 Å². The smallest absolute Gasteiger partial charge is 0.183 e. The third kappa shape index (κ3) is 31.7. The highest BCUT2D eigenvalue weighted by Gasteiger charge is 2.19. The number of rotatable bonds is 33. The summed E-state index contributed by atoms with van der Waals surface area (Å²) in [4.78, 5) is 22.2. The standard InChI is InChI=1S/C22H34ClN3S.C20H29N3.C18H27N3S.C15H32N2/c23-20-12-10-19(11-13-20)18-26(17-7-16-25-14-5-2-6-15-25)22(27)24-21-8-3-1-4-9-21;1(2-7-15-23-16-8-3-9-17-23)6-14-21-20-13-12-18-10-4-5-11-19(18)22-20;1(2-7-13-21-14-8-3-9-15-21)6-12-19-18-20-16-10-4-5-11-17(16)22-18;16-12-8-5-3-1-2-4-6-9-13-17-14-10-7-11-15-17/h10-13,21H,1-9,14-18H2,(H,24,27);4-5,10-13H,1-3,6-9,14-17H2,(H,21,22);4-5,10-11H,1-3,6-9,12-15H2,(H,19,20);1-16H2. The lowest BCUT2D eigenvalue weighted by Gasteiger charge is -2.32. The van der Waals surface area contributed by atoms with Crippen LogP contribution in [0.4, 0.5) is 10.9 Å². The number of piperidine rings is 4. The van der Waals surface area contributed by atoms with Crippen LogP contribution in [0.15, 0.2) is 84.9 Å². The zero-order valence-corrected chi connectivity index (χ0v) is 58.0. The Bertz CT molecular complexity index is 2500. The Kier molecular flexibility index (Phi) is 37.9. The van der Waals surface area contributed by atoms with Crippen molar-refractivity contribution in [3.05, 3.63) is 95.5 Å². The minimum absolute atomic E-state index is 0.557. The second-order valence-corrected chi connectivity index (χ2v) is 28.3. The Labute approximate surface area is 556 Å². The molecule has 5 aliphatic rings. The van der Waals surface area contributed by atoms with Crippen molar-refractivity contribution in [2.45, 2.75) is 231 Å². The first-order chi connectivity index (χ1) is 44.0. The van der Waals surface area contributed by atoms with Gasteiger partial charge in [-0.25, -0.2) is 9.97 Å². The van der Waals surface area contributed by atoms with Crippen molar-refractivity contribution in [2.75, 3.05) is 115 Å². The molecule has 5 N–H and O–H groups in total. The molecule has 5 aromatic rings. The molecule has 0 radical (unpaired) electrons. The molecule has 11 nitrogen and oxygen atoms in total. The molecule has 0 amide bonds. The highest BCUT2D eigenvalue weighted by atomic mass is 35.5. The van der Waals surface area contributed by atoms with Crippen molar-refractivity contribution in [1.82, 2.24) is 39.8 Å². The maximum atomic E-state index is 6.05. The van der Waals surface area contributed by atoms with Gasteiger partial charge >= 0.3 is 0 Å². The predicted molar refractivity (Wildman–Crippen MR) is 392 cm³/mol. The molecule has 10 rings (SSSR count). The van der Waals surface area contributed by atoms with Gasteiger partial charge < -0.3 is 46.2 Å². The number of unbranched alkanes of at least 4 members (excludes halogenated alkanes) is 13. The lowest BCUT2D eigenvalue weighted by molar-refractivity contribution is 0.217. The van der Waals surface area contributed by atoms with Crippen LogP contribution >= 0.6 is 35.2 Å². The molecule has 1 saturated carbocycles. The first-order valence-electron chi connectivity index (χ1n) is 36.6. The highest BCUT2D eigenvalue weighted by molar-refractivity contribution is 7.80. The monoisotopic (exact) mass is 1280 g/mol. The van der Waals surface area contributed by atoms with Gasteiger partial charge in [-0.2, -0.15) is 0 Å². The second kappa shape index (κ2) is 46.4. The topological polar surface area (TPSA) is 104 Å². The van der Waals surface area contributed by atoms with E-state index in [0.29, 0.717) is 6.04 Å². The Balaban J connectivity index is 0.000000171. The fraction of sp³-hybridized carbons (Fsp3) is 0.693. The number of thiocarbonyl (C=S) groups is 1. The number of fused-ring (bicyclic) bond motifs is 2. The van der Waals surface area contributed by atoms with Gasteiger partial charge in [-0.05, 0) is 254 Å². The number of nitrogens with two attached hydrogens (primary N) is 1. The fourth-order valence-electron chi connectivity index (χ4n) is 13.5. The van der Waals surface area contributed by atoms with E-state index in [1.165, 1.54) is 312 Å². The van der Waals surface area contributed by atoms with Crippen LogP contribution in [-0.4, -0.2) is 150 Å². The Morgan fingerprint density at radius 1 is 0.483 bits per heavy atom. The van der Waals surface area contributed by atoms with Crippen LogP contribution in [0.3, 0.4) is 0 Å². The molecule has 4 aliphatic heterocycles. The third-order valence-corrected chi connectivity index (χ3v) is 20.5. The van der Waals surface area contributed by atoms with E-state index in [1.807, 2.05) is 24.3 Å². The van der Waals surface area contributed by atoms with Gasteiger partial charge in [-0.3, -0.25) is 0 Å².